The van der Waals surface area contributed by atoms with E-state index >= 15 is 0 Å². The molecule has 0 aliphatic rings. The van der Waals surface area contributed by atoms with Crippen molar-refractivity contribution in [2.24, 2.45) is 5.73 Å². The van der Waals surface area contributed by atoms with Crippen molar-refractivity contribution < 1.29 is 0 Å². The minimum atomic E-state index is -0.424. The van der Waals surface area contributed by atoms with Gasteiger partial charge in [-0.25, -0.2) is 0 Å². The minimum absolute atomic E-state index is 0.424. The van der Waals surface area contributed by atoms with Crippen LogP contribution in [0.2, 0.25) is 0 Å². The van der Waals surface area contributed by atoms with Gasteiger partial charge in [0.25, 0.3) is 0 Å². The van der Waals surface area contributed by atoms with Crippen molar-refractivity contribution in [2.75, 3.05) is 6.54 Å². The Bertz CT molecular complexity index is 214. The fourth-order valence-corrected chi connectivity index (χ4v) is 0.382. The fourth-order valence-electron chi connectivity index (χ4n) is 0.382. The van der Waals surface area contributed by atoms with Crippen molar-refractivity contribution in [2.45, 2.75) is 26.3 Å². The van der Waals surface area contributed by atoms with Gasteiger partial charge >= 0.3 is 0 Å². The Morgan fingerprint density at radius 1 is 1.45 bits per heavy atom. The van der Waals surface area contributed by atoms with Gasteiger partial charge in [0.1, 0.15) is 0 Å². The molecule has 0 unspecified atom stereocenters. The molecular formula is C9H14N2. The van der Waals surface area contributed by atoms with Gasteiger partial charge in [-0.2, -0.15) is 0 Å². The second-order valence-corrected chi connectivity index (χ2v) is 2.75. The molecule has 0 heterocycles. The zero-order chi connectivity index (χ0) is 8.74. The Kier molecular flexibility index (Phi) is 4.18. The summed E-state index contributed by atoms with van der Waals surface area (Å²) in [5.41, 5.74) is 5.18. The van der Waals surface area contributed by atoms with Crippen LogP contribution in [0.4, 0.5) is 0 Å². The van der Waals surface area contributed by atoms with E-state index in [1.807, 2.05) is 13.8 Å². The second kappa shape index (κ2) is 4.66. The van der Waals surface area contributed by atoms with Crippen LogP contribution in [-0.4, -0.2) is 12.1 Å². The molecule has 0 atom stereocenters. The largest absolute Gasteiger partial charge is 0.334 e. The monoisotopic (exact) mass is 150 g/mol. The first-order valence-corrected chi connectivity index (χ1v) is 3.50. The third-order valence-electron chi connectivity index (χ3n) is 0.827. The van der Waals surface area contributed by atoms with Gasteiger partial charge in [-0.05, 0) is 20.8 Å². The standard InChI is InChI=1S/C9H14N2/c1-4-5-7-11-8-6-9(2,3)10/h11H,7,10H2,1-3H3. The highest BCUT2D eigenvalue weighted by Gasteiger charge is 2.02. The number of nitrogens with one attached hydrogen (secondary N) is 1. The Labute approximate surface area is 68.5 Å². The second-order valence-electron chi connectivity index (χ2n) is 2.75. The van der Waals surface area contributed by atoms with Crippen molar-refractivity contribution in [3.8, 4) is 23.8 Å². The van der Waals surface area contributed by atoms with Gasteiger partial charge in [-0.3, -0.25) is 0 Å². The molecule has 11 heavy (non-hydrogen) atoms. The van der Waals surface area contributed by atoms with E-state index in [1.165, 1.54) is 0 Å². The summed E-state index contributed by atoms with van der Waals surface area (Å²) < 4.78 is 0. The first-order valence-electron chi connectivity index (χ1n) is 3.50. The van der Waals surface area contributed by atoms with E-state index in [9.17, 15) is 0 Å². The summed E-state index contributed by atoms with van der Waals surface area (Å²) in [6.07, 6.45) is 0. The molecule has 0 aromatic heterocycles. The van der Waals surface area contributed by atoms with Gasteiger partial charge in [-0.1, -0.05) is 11.8 Å². The molecular weight excluding hydrogens is 136 g/mol. The van der Waals surface area contributed by atoms with Crippen LogP contribution in [0, 0.1) is 23.8 Å². The van der Waals surface area contributed by atoms with Crippen LogP contribution in [0.3, 0.4) is 0 Å². The molecule has 60 valence electrons. The summed E-state index contributed by atoms with van der Waals surface area (Å²) in [5, 5.41) is 2.83. The third-order valence-corrected chi connectivity index (χ3v) is 0.827. The van der Waals surface area contributed by atoms with Crippen molar-refractivity contribution in [1.29, 1.82) is 0 Å². The summed E-state index contributed by atoms with van der Waals surface area (Å²) in [7, 11) is 0. The third kappa shape index (κ3) is 8.88. The van der Waals surface area contributed by atoms with Crippen LogP contribution in [-0.2, 0) is 0 Å². The Balaban J connectivity index is 3.63. The number of hydrogen-bond donors (Lipinski definition) is 2. The van der Waals surface area contributed by atoms with Gasteiger partial charge in [-0.15, -0.1) is 5.92 Å². The SMILES string of the molecule is CC#CCNC#CC(C)(C)N. The van der Waals surface area contributed by atoms with Crippen LogP contribution in [0.15, 0.2) is 0 Å². The quantitative estimate of drug-likeness (QED) is 0.320. The van der Waals surface area contributed by atoms with E-state index in [1.54, 1.807) is 6.92 Å². The van der Waals surface area contributed by atoms with Gasteiger partial charge in [0.2, 0.25) is 0 Å². The first-order chi connectivity index (χ1) is 5.06. The maximum absolute atomic E-state index is 5.60. The average molecular weight is 150 g/mol. The highest BCUT2D eigenvalue weighted by molar-refractivity contribution is 5.12. The van der Waals surface area contributed by atoms with E-state index in [-0.39, 0.29) is 0 Å². The van der Waals surface area contributed by atoms with Crippen LogP contribution in [0.1, 0.15) is 20.8 Å². The van der Waals surface area contributed by atoms with E-state index in [4.69, 9.17) is 5.73 Å². The zero-order valence-electron chi connectivity index (χ0n) is 7.28. The molecule has 0 amide bonds. The number of nitrogens with two attached hydrogens (primary N) is 1. The summed E-state index contributed by atoms with van der Waals surface area (Å²) in [6, 6.07) is 2.73. The van der Waals surface area contributed by atoms with Crippen LogP contribution in [0.5, 0.6) is 0 Å². The number of rotatable bonds is 1. The van der Waals surface area contributed by atoms with E-state index < -0.39 is 5.54 Å². The van der Waals surface area contributed by atoms with Gasteiger partial charge < -0.3 is 11.1 Å². The summed E-state index contributed by atoms with van der Waals surface area (Å²) in [6.45, 7) is 6.10. The molecule has 0 aliphatic carbocycles. The summed E-state index contributed by atoms with van der Waals surface area (Å²) in [5.74, 6) is 8.41. The number of hydrogen-bond acceptors (Lipinski definition) is 2. The van der Waals surface area contributed by atoms with Crippen molar-refractivity contribution in [3.63, 3.8) is 0 Å². The summed E-state index contributed by atoms with van der Waals surface area (Å²) >= 11 is 0. The predicted octanol–water partition coefficient (Wildman–Crippen LogP) is 0.298. The Morgan fingerprint density at radius 3 is 2.55 bits per heavy atom. The average Bonchev–Trinajstić information content (AvgIpc) is 1.85. The Hall–Kier alpha value is -1.12. The van der Waals surface area contributed by atoms with Gasteiger partial charge in [0.05, 0.1) is 12.1 Å². The molecule has 0 aliphatic heterocycles. The fraction of sp³-hybridized carbons (Fsp3) is 0.556. The highest BCUT2D eigenvalue weighted by atomic mass is 14.8. The van der Waals surface area contributed by atoms with Crippen molar-refractivity contribution in [3.05, 3.63) is 0 Å². The van der Waals surface area contributed by atoms with Crippen LogP contribution < -0.4 is 11.1 Å². The van der Waals surface area contributed by atoms with Gasteiger partial charge in [0, 0.05) is 6.04 Å². The Morgan fingerprint density at radius 2 is 2.09 bits per heavy atom. The normalized spacial score (nSPS) is 8.73. The predicted molar refractivity (Wildman–Crippen MR) is 47.5 cm³/mol. The molecule has 0 aromatic rings. The maximum Gasteiger partial charge on any atom is 0.0840 e. The molecule has 2 heteroatoms. The molecule has 2 nitrogen and oxygen atoms in total. The van der Waals surface area contributed by atoms with E-state index in [0.29, 0.717) is 6.54 Å². The van der Waals surface area contributed by atoms with Crippen LogP contribution in [0.25, 0.3) is 0 Å². The molecule has 0 radical (unpaired) electrons. The smallest absolute Gasteiger partial charge is 0.0840 e. The lowest BCUT2D eigenvalue weighted by Crippen LogP contribution is -2.30. The first kappa shape index (κ1) is 9.88. The molecule has 3 N–H and O–H groups in total. The lowest BCUT2D eigenvalue weighted by Gasteiger charge is -2.06. The van der Waals surface area contributed by atoms with E-state index in [2.05, 4.69) is 29.1 Å². The molecule has 0 spiro atoms. The topological polar surface area (TPSA) is 38.0 Å². The highest BCUT2D eigenvalue weighted by Crippen LogP contribution is 1.89. The van der Waals surface area contributed by atoms with Crippen molar-refractivity contribution >= 4 is 0 Å². The minimum Gasteiger partial charge on any atom is -0.334 e. The van der Waals surface area contributed by atoms with Gasteiger partial charge in [0.15, 0.2) is 0 Å². The molecule has 0 bridgehead atoms. The molecule has 0 aromatic carbocycles. The zero-order valence-corrected chi connectivity index (χ0v) is 7.28. The van der Waals surface area contributed by atoms with Crippen molar-refractivity contribution in [1.82, 2.24) is 5.32 Å². The lowest BCUT2D eigenvalue weighted by molar-refractivity contribution is 0.679. The molecule has 0 saturated heterocycles. The summed E-state index contributed by atoms with van der Waals surface area (Å²) in [4.78, 5) is 0. The molecule has 0 saturated carbocycles. The lowest BCUT2D eigenvalue weighted by atomic mass is 10.1. The van der Waals surface area contributed by atoms with Crippen LogP contribution >= 0.6 is 0 Å². The molecule has 0 rings (SSSR count). The van der Waals surface area contributed by atoms with E-state index in [0.717, 1.165) is 0 Å². The molecule has 0 fully saturated rings. The maximum atomic E-state index is 5.60.